The van der Waals surface area contributed by atoms with Gasteiger partial charge in [0.25, 0.3) is 0 Å². The molecule has 0 aromatic heterocycles. The summed E-state index contributed by atoms with van der Waals surface area (Å²) in [7, 11) is -1.31. The number of methoxy groups -OCH3 is 2. The van der Waals surface area contributed by atoms with Gasteiger partial charge in [-0.1, -0.05) is 44.2 Å². The number of rotatable bonds is 13. The van der Waals surface area contributed by atoms with Crippen molar-refractivity contribution in [3.05, 3.63) is 60.2 Å². The molecule has 226 valence electrons. The lowest BCUT2D eigenvalue weighted by atomic mass is 9.94. The summed E-state index contributed by atoms with van der Waals surface area (Å²) in [6.45, 7) is 4.05. The highest BCUT2D eigenvalue weighted by molar-refractivity contribution is 7.89. The molecule has 10 nitrogen and oxygen atoms in total. The normalized spacial score (nSPS) is 22.9. The molecule has 1 saturated carbocycles. The van der Waals surface area contributed by atoms with E-state index in [0.717, 1.165) is 12.0 Å². The molecule has 1 saturated heterocycles. The Morgan fingerprint density at radius 3 is 2.34 bits per heavy atom. The van der Waals surface area contributed by atoms with Crippen LogP contribution in [0.1, 0.15) is 38.7 Å². The molecule has 2 aromatic carbocycles. The maximum absolute atomic E-state index is 13.9. The topological polar surface area (TPSA) is 126 Å². The lowest BCUT2D eigenvalue weighted by Crippen LogP contribution is -2.64. The van der Waals surface area contributed by atoms with E-state index in [9.17, 15) is 23.4 Å². The SMILES string of the molecule is COc1ccc(S(=O)(=O)N(CC(C)C)C[C@@](O)(OC)[C@H](Cc2ccccc2)N(C(=O)O)[C@@H]2C[C@H]3CCO[C@@H]3C2)cc1. The van der Waals surface area contributed by atoms with Crippen molar-refractivity contribution in [3.8, 4) is 5.75 Å². The van der Waals surface area contributed by atoms with Crippen molar-refractivity contribution in [3.63, 3.8) is 0 Å². The molecule has 1 aliphatic heterocycles. The van der Waals surface area contributed by atoms with Crippen molar-refractivity contribution in [2.75, 3.05) is 33.9 Å². The number of carboxylic acid groups (broad SMARTS) is 1. The molecule has 1 aliphatic carbocycles. The predicted octanol–water partition coefficient (Wildman–Crippen LogP) is 3.84. The number of nitrogens with zero attached hydrogens (tertiary/aromatic N) is 2. The number of sulfonamides is 1. The molecule has 2 fully saturated rings. The van der Waals surface area contributed by atoms with Crippen molar-refractivity contribution in [2.45, 2.75) is 68.4 Å². The van der Waals surface area contributed by atoms with E-state index in [4.69, 9.17) is 14.2 Å². The molecular formula is C30H42N2O8S. The highest BCUT2D eigenvalue weighted by atomic mass is 32.2. The standard InChI is InChI=1S/C30H42N2O8S/c1-21(2)19-31(41(36,37)26-12-10-25(38-3)11-13-26)20-30(35,39-4)28(16-22-8-6-5-7-9-22)32(29(33)34)24-17-23-14-15-40-27(23)18-24/h5-13,21,23-24,27-28,35H,14-20H2,1-4H3,(H,33,34)/t23-,24-,27-,28+,30-/m1/s1. The van der Waals surface area contributed by atoms with Crippen LogP contribution in [0.3, 0.4) is 0 Å². The zero-order valence-corrected chi connectivity index (χ0v) is 25.0. The first-order valence-electron chi connectivity index (χ1n) is 14.1. The van der Waals surface area contributed by atoms with E-state index in [1.807, 2.05) is 44.2 Å². The summed E-state index contributed by atoms with van der Waals surface area (Å²) >= 11 is 0. The van der Waals surface area contributed by atoms with E-state index in [1.54, 1.807) is 12.1 Å². The summed E-state index contributed by atoms with van der Waals surface area (Å²) in [5, 5.41) is 22.8. The van der Waals surface area contributed by atoms with Crippen molar-refractivity contribution < 1.29 is 37.6 Å². The Hall–Kier alpha value is -2.70. The number of benzene rings is 2. The van der Waals surface area contributed by atoms with Crippen LogP contribution in [-0.2, 0) is 25.9 Å². The van der Waals surface area contributed by atoms with E-state index in [1.165, 1.54) is 35.6 Å². The smallest absolute Gasteiger partial charge is 0.407 e. The predicted molar refractivity (Wildman–Crippen MR) is 153 cm³/mol. The maximum Gasteiger partial charge on any atom is 0.407 e. The molecular weight excluding hydrogens is 548 g/mol. The zero-order valence-electron chi connectivity index (χ0n) is 24.2. The fraction of sp³-hybridized carbons (Fsp3) is 0.567. The Morgan fingerprint density at radius 1 is 1.10 bits per heavy atom. The second-order valence-corrected chi connectivity index (χ2v) is 13.3. The van der Waals surface area contributed by atoms with E-state index in [0.29, 0.717) is 25.2 Å². The lowest BCUT2D eigenvalue weighted by molar-refractivity contribution is -0.229. The summed E-state index contributed by atoms with van der Waals surface area (Å²) in [5.74, 6) is -1.49. The average Bonchev–Trinajstić information content (AvgIpc) is 3.55. The Morgan fingerprint density at radius 2 is 1.78 bits per heavy atom. The first-order chi connectivity index (χ1) is 19.5. The Labute approximate surface area is 242 Å². The quantitative estimate of drug-likeness (QED) is 0.337. The first-order valence-corrected chi connectivity index (χ1v) is 15.5. The molecule has 0 spiro atoms. The summed E-state index contributed by atoms with van der Waals surface area (Å²) in [4.78, 5) is 14.2. The van der Waals surface area contributed by atoms with Crippen LogP contribution < -0.4 is 4.74 Å². The van der Waals surface area contributed by atoms with E-state index in [2.05, 4.69) is 0 Å². The summed E-state index contributed by atoms with van der Waals surface area (Å²) < 4.78 is 45.8. The van der Waals surface area contributed by atoms with Crippen LogP contribution >= 0.6 is 0 Å². The number of hydrogen-bond acceptors (Lipinski definition) is 7. The van der Waals surface area contributed by atoms with E-state index >= 15 is 0 Å². The molecule has 0 bridgehead atoms. The van der Waals surface area contributed by atoms with E-state index < -0.39 is 40.5 Å². The van der Waals surface area contributed by atoms with Gasteiger partial charge in [0.2, 0.25) is 15.8 Å². The van der Waals surface area contributed by atoms with Gasteiger partial charge in [-0.05, 0) is 67.3 Å². The van der Waals surface area contributed by atoms with Crippen LogP contribution in [-0.4, -0.2) is 91.8 Å². The highest BCUT2D eigenvalue weighted by Crippen LogP contribution is 2.40. The maximum atomic E-state index is 13.9. The molecule has 1 amide bonds. The van der Waals surface area contributed by atoms with Gasteiger partial charge >= 0.3 is 6.09 Å². The van der Waals surface area contributed by atoms with Gasteiger partial charge < -0.3 is 24.4 Å². The Bertz CT molecular complexity index is 1250. The lowest BCUT2D eigenvalue weighted by Gasteiger charge is -2.45. The fourth-order valence-corrected chi connectivity index (χ4v) is 7.76. The zero-order chi connectivity index (χ0) is 29.8. The number of carbonyl (C=O) groups is 1. The number of aliphatic hydroxyl groups is 1. The van der Waals surface area contributed by atoms with Crippen molar-refractivity contribution >= 4 is 16.1 Å². The molecule has 41 heavy (non-hydrogen) atoms. The second-order valence-electron chi connectivity index (χ2n) is 11.4. The van der Waals surface area contributed by atoms with Crippen molar-refractivity contribution in [1.82, 2.24) is 9.21 Å². The van der Waals surface area contributed by atoms with Crippen molar-refractivity contribution in [1.29, 1.82) is 0 Å². The summed E-state index contributed by atoms with van der Waals surface area (Å²) in [5.41, 5.74) is 0.794. The minimum absolute atomic E-state index is 0.0252. The molecule has 1 heterocycles. The highest BCUT2D eigenvalue weighted by Gasteiger charge is 2.51. The van der Waals surface area contributed by atoms with Gasteiger partial charge in [-0.15, -0.1) is 0 Å². The van der Waals surface area contributed by atoms with Gasteiger partial charge in [0.1, 0.15) is 5.75 Å². The van der Waals surface area contributed by atoms with Crippen LogP contribution in [0.25, 0.3) is 0 Å². The molecule has 2 aromatic rings. The van der Waals surface area contributed by atoms with Gasteiger partial charge in [-0.2, -0.15) is 4.31 Å². The first kappa shape index (κ1) is 31.2. The van der Waals surface area contributed by atoms with Crippen LogP contribution in [0.5, 0.6) is 5.75 Å². The third-order valence-electron chi connectivity index (χ3n) is 8.19. The van der Waals surface area contributed by atoms with Gasteiger partial charge in [0.15, 0.2) is 0 Å². The minimum Gasteiger partial charge on any atom is -0.497 e. The monoisotopic (exact) mass is 590 g/mol. The molecule has 0 unspecified atom stereocenters. The summed E-state index contributed by atoms with van der Waals surface area (Å²) in [6, 6.07) is 13.8. The second kappa shape index (κ2) is 13.1. The number of fused-ring (bicyclic) bond motifs is 1. The average molecular weight is 591 g/mol. The third kappa shape index (κ3) is 7.03. The van der Waals surface area contributed by atoms with E-state index in [-0.39, 0.29) is 35.8 Å². The Kier molecular flexibility index (Phi) is 9.97. The third-order valence-corrected chi connectivity index (χ3v) is 10.0. The molecule has 2 N–H and O–H groups in total. The van der Waals surface area contributed by atoms with Gasteiger partial charge in [0.05, 0.1) is 30.7 Å². The molecule has 4 rings (SSSR count). The van der Waals surface area contributed by atoms with Gasteiger partial charge in [-0.25, -0.2) is 13.2 Å². The largest absolute Gasteiger partial charge is 0.497 e. The van der Waals surface area contributed by atoms with Crippen LogP contribution in [0.2, 0.25) is 0 Å². The van der Waals surface area contributed by atoms with Crippen LogP contribution in [0.4, 0.5) is 4.79 Å². The molecule has 2 aliphatic rings. The molecule has 5 atom stereocenters. The number of ether oxygens (including phenoxy) is 3. The van der Waals surface area contributed by atoms with Crippen molar-refractivity contribution in [2.24, 2.45) is 11.8 Å². The van der Waals surface area contributed by atoms with Crippen LogP contribution in [0, 0.1) is 11.8 Å². The van der Waals surface area contributed by atoms with Gasteiger partial charge in [0, 0.05) is 26.3 Å². The van der Waals surface area contributed by atoms with Crippen LogP contribution in [0.15, 0.2) is 59.5 Å². The van der Waals surface area contributed by atoms with Gasteiger partial charge in [-0.3, -0.25) is 4.90 Å². The fourth-order valence-electron chi connectivity index (χ4n) is 6.13. The minimum atomic E-state index is -4.10. The molecule has 0 radical (unpaired) electrons. The number of amides is 1. The summed E-state index contributed by atoms with van der Waals surface area (Å²) in [6.07, 6.45) is 0.906. The molecule has 11 heteroatoms. The number of hydrogen-bond donors (Lipinski definition) is 2. The Balaban J connectivity index is 1.74.